The summed E-state index contributed by atoms with van der Waals surface area (Å²) in [5.41, 5.74) is 9.88. The molecular formula is C43H39N3O6. The minimum Gasteiger partial charge on any atom is -0.491 e. The van der Waals surface area contributed by atoms with E-state index in [1.165, 1.54) is 0 Å². The summed E-state index contributed by atoms with van der Waals surface area (Å²) in [6.45, 7) is -0.0354. The zero-order valence-corrected chi connectivity index (χ0v) is 28.5. The zero-order valence-electron chi connectivity index (χ0n) is 28.5. The molecule has 3 heterocycles. The predicted octanol–water partition coefficient (Wildman–Crippen LogP) is 5.67. The molecule has 0 aromatic heterocycles. The number of ether oxygens (including phenoxy) is 2. The number of aliphatic hydroxyl groups excluding tert-OH is 1. The Balaban J connectivity index is 1.38. The summed E-state index contributed by atoms with van der Waals surface area (Å²) in [4.78, 5) is 45.5. The highest BCUT2D eigenvalue weighted by Gasteiger charge is 2.73. The van der Waals surface area contributed by atoms with Gasteiger partial charge in [-0.2, -0.15) is 0 Å². The number of allylic oxidation sites excluding steroid dienone is 2. The van der Waals surface area contributed by atoms with E-state index in [0.29, 0.717) is 28.1 Å². The van der Waals surface area contributed by atoms with E-state index in [0.717, 1.165) is 42.4 Å². The van der Waals surface area contributed by atoms with Crippen LogP contribution in [-0.2, 0) is 24.5 Å². The molecule has 0 saturated carbocycles. The summed E-state index contributed by atoms with van der Waals surface area (Å²) in [6, 6.07) is 29.4. The van der Waals surface area contributed by atoms with E-state index in [1.54, 1.807) is 12.1 Å². The highest BCUT2D eigenvalue weighted by Crippen LogP contribution is 2.64. The van der Waals surface area contributed by atoms with Crippen LogP contribution in [0.3, 0.4) is 0 Å². The van der Waals surface area contributed by atoms with Crippen molar-refractivity contribution in [2.75, 3.05) is 18.5 Å². The zero-order chi connectivity index (χ0) is 35.8. The lowest BCUT2D eigenvalue weighted by Gasteiger charge is -2.46. The van der Waals surface area contributed by atoms with Gasteiger partial charge in [-0.1, -0.05) is 90.7 Å². The number of amides is 2. The molecule has 4 N–H and O–H groups in total. The average Bonchev–Trinajstić information content (AvgIpc) is 3.66. The maximum absolute atomic E-state index is 14.9. The van der Waals surface area contributed by atoms with Crippen molar-refractivity contribution in [1.29, 1.82) is 0 Å². The lowest BCUT2D eigenvalue weighted by atomic mass is 9.65. The molecule has 52 heavy (non-hydrogen) atoms. The Bertz CT molecular complexity index is 2110. The van der Waals surface area contributed by atoms with Crippen LogP contribution in [0.25, 0.3) is 0 Å². The summed E-state index contributed by atoms with van der Waals surface area (Å²) in [7, 11) is 0. The van der Waals surface area contributed by atoms with E-state index in [-0.39, 0.29) is 13.2 Å². The van der Waals surface area contributed by atoms with Gasteiger partial charge in [-0.3, -0.25) is 19.3 Å². The van der Waals surface area contributed by atoms with Crippen molar-refractivity contribution in [3.05, 3.63) is 143 Å². The van der Waals surface area contributed by atoms with Crippen molar-refractivity contribution in [3.63, 3.8) is 0 Å². The second-order valence-electron chi connectivity index (χ2n) is 13.7. The van der Waals surface area contributed by atoms with E-state index >= 15 is 0 Å². The Morgan fingerprint density at radius 1 is 0.904 bits per heavy atom. The minimum absolute atomic E-state index is 0.113. The summed E-state index contributed by atoms with van der Waals surface area (Å²) >= 11 is 0. The molecule has 2 amide bonds. The maximum Gasteiger partial charge on any atom is 0.324 e. The summed E-state index contributed by atoms with van der Waals surface area (Å²) < 4.78 is 12.0. The normalized spacial score (nSPS) is 26.3. The van der Waals surface area contributed by atoms with Crippen molar-refractivity contribution >= 4 is 23.5 Å². The molecule has 0 bridgehead atoms. The molecule has 1 spiro atoms. The number of esters is 1. The predicted molar refractivity (Wildman–Crippen MR) is 195 cm³/mol. The third-order valence-electron chi connectivity index (χ3n) is 10.8. The lowest BCUT2D eigenvalue weighted by molar-refractivity contribution is -0.178. The van der Waals surface area contributed by atoms with Gasteiger partial charge in [-0.25, -0.2) is 0 Å². The van der Waals surface area contributed by atoms with Crippen LogP contribution in [0.1, 0.15) is 71.7 Å². The number of hydrogen-bond donors (Lipinski definition) is 3. The lowest BCUT2D eigenvalue weighted by Crippen LogP contribution is -2.53. The summed E-state index contributed by atoms with van der Waals surface area (Å²) in [5.74, 6) is 4.02. The number of aliphatic hydroxyl groups is 1. The number of benzene rings is 4. The van der Waals surface area contributed by atoms with E-state index in [2.05, 4.69) is 23.2 Å². The molecule has 6 atom stereocenters. The molecule has 9 heteroatoms. The monoisotopic (exact) mass is 693 g/mol. The van der Waals surface area contributed by atoms with Crippen LogP contribution in [0.15, 0.2) is 115 Å². The van der Waals surface area contributed by atoms with Gasteiger partial charge in [0.15, 0.2) is 0 Å². The highest BCUT2D eigenvalue weighted by molar-refractivity contribution is 6.12. The number of cyclic esters (lactones) is 1. The summed E-state index contributed by atoms with van der Waals surface area (Å²) in [6.07, 6.45) is 5.58. The Morgan fingerprint density at radius 2 is 1.63 bits per heavy atom. The van der Waals surface area contributed by atoms with Crippen molar-refractivity contribution < 1.29 is 29.0 Å². The number of fused-ring (bicyclic) bond motifs is 3. The molecule has 8 rings (SSSR count). The van der Waals surface area contributed by atoms with Gasteiger partial charge >= 0.3 is 5.97 Å². The third-order valence-corrected chi connectivity index (χ3v) is 10.8. The first kappa shape index (κ1) is 33.5. The second kappa shape index (κ2) is 13.8. The van der Waals surface area contributed by atoms with Crippen LogP contribution >= 0.6 is 0 Å². The highest BCUT2D eigenvalue weighted by atomic mass is 16.6. The summed E-state index contributed by atoms with van der Waals surface area (Å²) in [5, 5.41) is 12.4. The fourth-order valence-corrected chi connectivity index (χ4v) is 8.71. The Labute approximate surface area is 302 Å². The number of nitrogens with one attached hydrogen (secondary N) is 1. The molecule has 3 aliphatic heterocycles. The topological polar surface area (TPSA) is 131 Å². The van der Waals surface area contributed by atoms with E-state index < -0.39 is 53.3 Å². The van der Waals surface area contributed by atoms with Crippen LogP contribution in [0.5, 0.6) is 5.75 Å². The molecule has 2 saturated heterocycles. The average molecular weight is 694 g/mol. The van der Waals surface area contributed by atoms with Crippen LogP contribution in [-0.4, -0.2) is 47.0 Å². The number of rotatable bonds is 7. The fourth-order valence-electron chi connectivity index (χ4n) is 8.71. The molecule has 9 nitrogen and oxygen atoms in total. The molecule has 4 aliphatic rings. The molecule has 4 aromatic rings. The van der Waals surface area contributed by atoms with Gasteiger partial charge in [0.25, 0.3) is 0 Å². The number of anilines is 1. The van der Waals surface area contributed by atoms with Gasteiger partial charge in [0.1, 0.15) is 29.9 Å². The number of hydrogen-bond acceptors (Lipinski definition) is 7. The van der Waals surface area contributed by atoms with Crippen LogP contribution < -0.4 is 15.8 Å². The third kappa shape index (κ3) is 5.56. The van der Waals surface area contributed by atoms with E-state index in [4.69, 9.17) is 15.2 Å². The standard InChI is InChI=1S/C43H39N3O6/c44-40(48)35-37-41(49)52-38(30-14-8-3-9-15-30)36(29-12-6-2-7-13-29)46(37)39(31-19-21-32(22-20-31)51-25-24-47)43(35)33-26-28(18-23-34(33)45-42(43)50)17-16-27-10-4-1-5-11-27/h2-3,6-10,12-15,18-23,26,35-39,47H,1,4-5,11,24-25H2,(H2,44,48)(H,45,50)/t35-,36-,37-,38+,39+,43-/m1/s1. The van der Waals surface area contributed by atoms with Crippen LogP contribution in [0.4, 0.5) is 5.69 Å². The first-order valence-electron chi connectivity index (χ1n) is 17.8. The molecule has 4 aromatic carbocycles. The molecule has 1 aliphatic carbocycles. The number of nitrogens with two attached hydrogens (primary N) is 1. The van der Waals surface area contributed by atoms with Gasteiger partial charge in [0, 0.05) is 11.3 Å². The quantitative estimate of drug-likeness (QED) is 0.168. The first-order chi connectivity index (χ1) is 25.4. The number of nitrogens with zero attached hydrogens (tertiary/aromatic N) is 1. The Kier molecular flexibility index (Phi) is 8.87. The number of carbonyl (C=O) groups excluding carboxylic acids is 3. The smallest absolute Gasteiger partial charge is 0.324 e. The maximum atomic E-state index is 14.9. The van der Waals surface area contributed by atoms with Gasteiger partial charge in [-0.15, -0.1) is 0 Å². The van der Waals surface area contributed by atoms with Gasteiger partial charge in [-0.05, 0) is 83.8 Å². The number of primary amides is 1. The van der Waals surface area contributed by atoms with E-state index in [9.17, 15) is 19.5 Å². The van der Waals surface area contributed by atoms with E-state index in [1.807, 2.05) is 95.9 Å². The fraction of sp³-hybridized carbons (Fsp3) is 0.279. The van der Waals surface area contributed by atoms with Crippen LogP contribution in [0, 0.1) is 17.8 Å². The SMILES string of the molecule is NC(=O)[C@H]1[C@@H]2C(=O)O[C@@H](c3ccccc3)[C@@H](c3ccccc3)N2[C@@H](c2ccc(OCCO)cc2)[C@]12C(=O)Nc1ccc(C#CC3=CCCCC3)cc12. The van der Waals surface area contributed by atoms with Crippen molar-refractivity contribution in [2.45, 2.75) is 55.3 Å². The molecular weight excluding hydrogens is 654 g/mol. The largest absolute Gasteiger partial charge is 0.491 e. The van der Waals surface area contributed by atoms with Crippen molar-refractivity contribution in [3.8, 4) is 17.6 Å². The second-order valence-corrected chi connectivity index (χ2v) is 13.7. The Hall–Kier alpha value is -5.69. The van der Waals surface area contributed by atoms with Gasteiger partial charge < -0.3 is 25.6 Å². The molecule has 262 valence electrons. The van der Waals surface area contributed by atoms with Crippen LogP contribution in [0.2, 0.25) is 0 Å². The van der Waals surface area contributed by atoms with Crippen molar-refractivity contribution in [1.82, 2.24) is 4.90 Å². The number of carbonyl (C=O) groups is 3. The molecule has 0 radical (unpaired) electrons. The Morgan fingerprint density at radius 3 is 2.31 bits per heavy atom. The van der Waals surface area contributed by atoms with Gasteiger partial charge in [0.05, 0.1) is 24.6 Å². The first-order valence-corrected chi connectivity index (χ1v) is 17.8. The molecule has 0 unspecified atom stereocenters. The minimum atomic E-state index is -1.64. The molecule has 2 fully saturated rings. The van der Waals surface area contributed by atoms with Gasteiger partial charge in [0.2, 0.25) is 11.8 Å². The number of morpholine rings is 1. The van der Waals surface area contributed by atoms with Crippen molar-refractivity contribution in [2.24, 2.45) is 11.7 Å².